The summed E-state index contributed by atoms with van der Waals surface area (Å²) in [6.07, 6.45) is 1.56. The highest BCUT2D eigenvalue weighted by Crippen LogP contribution is 2.10. The van der Waals surface area contributed by atoms with Crippen LogP contribution in [0.3, 0.4) is 0 Å². The van der Waals surface area contributed by atoms with Crippen molar-refractivity contribution in [1.29, 1.82) is 0 Å². The first-order chi connectivity index (χ1) is 10.2. The highest BCUT2D eigenvalue weighted by Gasteiger charge is 2.06. The second kappa shape index (κ2) is 7.54. The zero-order valence-corrected chi connectivity index (χ0v) is 12.8. The van der Waals surface area contributed by atoms with Crippen LogP contribution in [0.4, 0.5) is 0 Å². The fraction of sp³-hybridized carbons (Fsp3) is 0.133. The average Bonchev–Trinajstić information content (AvgIpc) is 2.52. The molecule has 0 bridgehead atoms. The number of amides is 2. The number of hydrogen-bond donors (Lipinski definition) is 2. The molecule has 1 heterocycles. The van der Waals surface area contributed by atoms with Crippen molar-refractivity contribution in [2.24, 2.45) is 0 Å². The Labute approximate surface area is 130 Å². The summed E-state index contributed by atoms with van der Waals surface area (Å²) in [5, 5.41) is 5.43. The van der Waals surface area contributed by atoms with Gasteiger partial charge in [-0.1, -0.05) is 22.0 Å². The molecule has 108 valence electrons. The Hall–Kier alpha value is -2.21. The number of carbonyl (C=O) groups excluding carboxylic acids is 2. The van der Waals surface area contributed by atoms with Crippen LogP contribution in [-0.2, 0) is 0 Å². The third kappa shape index (κ3) is 4.68. The molecule has 0 aliphatic carbocycles. The SMILES string of the molecule is O=C(NCCNC(=O)c1ccccn1)c1ccc(Br)cc1. The van der Waals surface area contributed by atoms with E-state index in [1.165, 1.54) is 0 Å². The van der Waals surface area contributed by atoms with Gasteiger partial charge in [-0.2, -0.15) is 0 Å². The van der Waals surface area contributed by atoms with Crippen molar-refractivity contribution >= 4 is 27.7 Å². The van der Waals surface area contributed by atoms with Crippen LogP contribution in [-0.4, -0.2) is 29.9 Å². The molecule has 0 aliphatic heterocycles. The molecule has 2 rings (SSSR count). The molecule has 2 aromatic rings. The van der Waals surface area contributed by atoms with Crippen LogP contribution >= 0.6 is 15.9 Å². The first-order valence-electron chi connectivity index (χ1n) is 6.40. The summed E-state index contributed by atoms with van der Waals surface area (Å²) in [5.74, 6) is -0.428. The molecule has 0 atom stereocenters. The number of nitrogens with zero attached hydrogens (tertiary/aromatic N) is 1. The van der Waals surface area contributed by atoms with Crippen LogP contribution in [0.5, 0.6) is 0 Å². The van der Waals surface area contributed by atoms with Crippen molar-refractivity contribution in [1.82, 2.24) is 15.6 Å². The van der Waals surface area contributed by atoms with E-state index in [1.54, 1.807) is 48.7 Å². The average molecular weight is 348 g/mol. The fourth-order valence-electron chi connectivity index (χ4n) is 1.64. The minimum Gasteiger partial charge on any atom is -0.350 e. The number of hydrogen-bond acceptors (Lipinski definition) is 3. The van der Waals surface area contributed by atoms with Gasteiger partial charge in [-0.15, -0.1) is 0 Å². The van der Waals surface area contributed by atoms with Gasteiger partial charge in [0.25, 0.3) is 11.8 Å². The smallest absolute Gasteiger partial charge is 0.269 e. The van der Waals surface area contributed by atoms with Crippen LogP contribution in [0, 0.1) is 0 Å². The maximum atomic E-state index is 11.8. The van der Waals surface area contributed by atoms with Gasteiger partial charge in [0.15, 0.2) is 0 Å². The van der Waals surface area contributed by atoms with Gasteiger partial charge in [0.05, 0.1) is 0 Å². The van der Waals surface area contributed by atoms with Gasteiger partial charge in [0.2, 0.25) is 0 Å². The summed E-state index contributed by atoms with van der Waals surface area (Å²) in [5.41, 5.74) is 0.936. The van der Waals surface area contributed by atoms with Gasteiger partial charge >= 0.3 is 0 Å². The Morgan fingerprint density at radius 2 is 1.62 bits per heavy atom. The number of aromatic nitrogens is 1. The van der Waals surface area contributed by atoms with Gasteiger partial charge in [0, 0.05) is 29.3 Å². The lowest BCUT2D eigenvalue weighted by atomic mass is 10.2. The largest absolute Gasteiger partial charge is 0.350 e. The Kier molecular flexibility index (Phi) is 5.45. The Morgan fingerprint density at radius 1 is 0.952 bits per heavy atom. The maximum absolute atomic E-state index is 11.8. The van der Waals surface area contributed by atoms with Crippen molar-refractivity contribution in [3.8, 4) is 0 Å². The summed E-state index contributed by atoms with van der Waals surface area (Å²) in [7, 11) is 0. The van der Waals surface area contributed by atoms with E-state index in [1.807, 2.05) is 0 Å². The lowest BCUT2D eigenvalue weighted by Gasteiger charge is -2.07. The number of carbonyl (C=O) groups is 2. The van der Waals surface area contributed by atoms with E-state index >= 15 is 0 Å². The Morgan fingerprint density at radius 3 is 2.24 bits per heavy atom. The molecule has 1 aromatic carbocycles. The molecule has 0 fully saturated rings. The summed E-state index contributed by atoms with van der Waals surface area (Å²) in [6.45, 7) is 0.700. The summed E-state index contributed by atoms with van der Waals surface area (Å²) < 4.78 is 0.918. The normalized spacial score (nSPS) is 9.95. The predicted molar refractivity (Wildman–Crippen MR) is 83.0 cm³/mol. The van der Waals surface area contributed by atoms with Gasteiger partial charge < -0.3 is 10.6 Å². The monoisotopic (exact) mass is 347 g/mol. The van der Waals surface area contributed by atoms with Crippen LogP contribution in [0.2, 0.25) is 0 Å². The molecule has 0 saturated heterocycles. The van der Waals surface area contributed by atoms with Crippen molar-refractivity contribution in [3.05, 3.63) is 64.4 Å². The highest BCUT2D eigenvalue weighted by molar-refractivity contribution is 9.10. The molecule has 0 radical (unpaired) electrons. The van der Waals surface area contributed by atoms with Crippen LogP contribution in [0.15, 0.2) is 53.1 Å². The molecule has 0 saturated carbocycles. The fourth-order valence-corrected chi connectivity index (χ4v) is 1.91. The van der Waals surface area contributed by atoms with E-state index < -0.39 is 0 Å². The molecule has 0 spiro atoms. The van der Waals surface area contributed by atoms with Crippen molar-refractivity contribution < 1.29 is 9.59 Å². The van der Waals surface area contributed by atoms with E-state index in [2.05, 4.69) is 31.5 Å². The van der Waals surface area contributed by atoms with Crippen LogP contribution < -0.4 is 10.6 Å². The number of nitrogens with one attached hydrogen (secondary N) is 2. The second-order valence-corrected chi connectivity index (χ2v) is 5.15. The van der Waals surface area contributed by atoms with Gasteiger partial charge in [-0.3, -0.25) is 14.6 Å². The molecule has 1 aromatic heterocycles. The predicted octanol–water partition coefficient (Wildman–Crippen LogP) is 2.00. The number of rotatable bonds is 5. The second-order valence-electron chi connectivity index (χ2n) is 4.23. The quantitative estimate of drug-likeness (QED) is 0.812. The van der Waals surface area contributed by atoms with Crippen molar-refractivity contribution in [2.45, 2.75) is 0 Å². The van der Waals surface area contributed by atoms with E-state index in [4.69, 9.17) is 0 Å². The molecular formula is C15H14BrN3O2. The highest BCUT2D eigenvalue weighted by atomic mass is 79.9. The first kappa shape index (κ1) is 15.2. The van der Waals surface area contributed by atoms with E-state index in [9.17, 15) is 9.59 Å². The number of pyridine rings is 1. The van der Waals surface area contributed by atoms with Crippen LogP contribution in [0.25, 0.3) is 0 Å². The molecule has 2 amide bonds. The minimum absolute atomic E-state index is 0.172. The number of benzene rings is 1. The van der Waals surface area contributed by atoms with E-state index in [0.29, 0.717) is 24.3 Å². The van der Waals surface area contributed by atoms with E-state index in [0.717, 1.165) is 4.47 Å². The summed E-state index contributed by atoms with van der Waals surface area (Å²) in [6, 6.07) is 12.2. The Balaban J connectivity index is 1.73. The molecule has 0 aliphatic rings. The molecule has 6 heteroatoms. The summed E-state index contributed by atoms with van der Waals surface area (Å²) in [4.78, 5) is 27.5. The molecule has 21 heavy (non-hydrogen) atoms. The molecule has 0 unspecified atom stereocenters. The van der Waals surface area contributed by atoms with Gasteiger partial charge in [0.1, 0.15) is 5.69 Å². The lowest BCUT2D eigenvalue weighted by molar-refractivity contribution is 0.0925. The van der Waals surface area contributed by atoms with Gasteiger partial charge in [-0.25, -0.2) is 0 Å². The van der Waals surface area contributed by atoms with Crippen LogP contribution in [0.1, 0.15) is 20.8 Å². The minimum atomic E-state index is -0.256. The third-order valence-corrected chi connectivity index (χ3v) is 3.23. The zero-order valence-electron chi connectivity index (χ0n) is 11.2. The lowest BCUT2D eigenvalue weighted by Crippen LogP contribution is -2.34. The molecular weight excluding hydrogens is 334 g/mol. The number of halogens is 1. The Bertz CT molecular complexity index is 615. The van der Waals surface area contributed by atoms with Gasteiger partial charge in [-0.05, 0) is 36.4 Å². The van der Waals surface area contributed by atoms with E-state index in [-0.39, 0.29) is 11.8 Å². The first-order valence-corrected chi connectivity index (χ1v) is 7.19. The topological polar surface area (TPSA) is 71.1 Å². The standard InChI is InChI=1S/C15H14BrN3O2/c16-12-6-4-11(5-7-12)14(20)18-9-10-19-15(21)13-3-1-2-8-17-13/h1-8H,9-10H2,(H,18,20)(H,19,21). The zero-order chi connectivity index (χ0) is 15.1. The van der Waals surface area contributed by atoms with Crippen molar-refractivity contribution in [3.63, 3.8) is 0 Å². The molecule has 2 N–H and O–H groups in total. The molecule has 5 nitrogen and oxygen atoms in total. The van der Waals surface area contributed by atoms with Crippen molar-refractivity contribution in [2.75, 3.05) is 13.1 Å². The third-order valence-electron chi connectivity index (χ3n) is 2.70. The summed E-state index contributed by atoms with van der Waals surface area (Å²) >= 11 is 3.31. The maximum Gasteiger partial charge on any atom is 0.269 e.